The van der Waals surface area contributed by atoms with E-state index < -0.39 is 0 Å². The molecule has 1 aromatic heterocycles. The summed E-state index contributed by atoms with van der Waals surface area (Å²) in [4.78, 5) is 4.16. The Labute approximate surface area is 147 Å². The maximum absolute atomic E-state index is 6.20. The zero-order chi connectivity index (χ0) is 17.2. The molecule has 4 heteroatoms. The van der Waals surface area contributed by atoms with Crippen LogP contribution < -0.4 is 15.2 Å². The first-order valence-electron chi connectivity index (χ1n) is 8.39. The number of benzene rings is 2. The van der Waals surface area contributed by atoms with E-state index in [0.29, 0.717) is 6.61 Å². The van der Waals surface area contributed by atoms with Crippen molar-refractivity contribution in [1.82, 2.24) is 4.98 Å². The van der Waals surface area contributed by atoms with E-state index in [1.54, 1.807) is 6.20 Å². The van der Waals surface area contributed by atoms with Crippen LogP contribution in [0.4, 0.5) is 0 Å². The van der Waals surface area contributed by atoms with E-state index in [2.05, 4.69) is 4.98 Å². The van der Waals surface area contributed by atoms with Crippen molar-refractivity contribution in [3.05, 3.63) is 78.1 Å². The Morgan fingerprint density at radius 1 is 1.08 bits per heavy atom. The summed E-state index contributed by atoms with van der Waals surface area (Å²) in [7, 11) is 0. The molecule has 3 aromatic rings. The lowest BCUT2D eigenvalue weighted by molar-refractivity contribution is 0.179. The van der Waals surface area contributed by atoms with Crippen molar-refractivity contribution < 1.29 is 9.47 Å². The molecule has 2 aromatic carbocycles. The van der Waals surface area contributed by atoms with E-state index in [1.165, 1.54) is 0 Å². The summed E-state index contributed by atoms with van der Waals surface area (Å²) < 4.78 is 12.1. The van der Waals surface area contributed by atoms with E-state index >= 15 is 0 Å². The van der Waals surface area contributed by atoms with E-state index in [9.17, 15) is 0 Å². The molecule has 4 rings (SSSR count). The van der Waals surface area contributed by atoms with Crippen LogP contribution in [0.1, 0.15) is 24.2 Å². The van der Waals surface area contributed by atoms with Crippen LogP contribution in [0.15, 0.2) is 67.0 Å². The van der Waals surface area contributed by atoms with Crippen LogP contribution in [-0.4, -0.2) is 11.0 Å². The van der Waals surface area contributed by atoms with Crippen molar-refractivity contribution >= 4 is 0 Å². The number of nitrogens with zero attached hydrogens (tertiary/aromatic N) is 1. The Morgan fingerprint density at radius 3 is 2.72 bits per heavy atom. The van der Waals surface area contributed by atoms with Gasteiger partial charge in [-0.1, -0.05) is 30.3 Å². The zero-order valence-electron chi connectivity index (χ0n) is 14.1. The Balaban J connectivity index is 1.65. The lowest BCUT2D eigenvalue weighted by Gasteiger charge is -2.25. The monoisotopic (exact) mass is 332 g/mol. The zero-order valence-corrected chi connectivity index (χ0v) is 14.1. The Bertz CT molecular complexity index is 878. The molecule has 2 unspecified atom stereocenters. The predicted molar refractivity (Wildman–Crippen MR) is 97.5 cm³/mol. The van der Waals surface area contributed by atoms with Gasteiger partial charge >= 0.3 is 0 Å². The van der Waals surface area contributed by atoms with Gasteiger partial charge in [-0.25, -0.2) is 0 Å². The molecule has 25 heavy (non-hydrogen) atoms. The standard InChI is InChI=1S/C21H20N2O2/c1-14(22)21(15-5-3-2-4-6-15)25-17-7-8-19-18-9-10-23-12-16(18)13-24-20(19)11-17/h2-12,14,21H,13,22H2,1H3. The van der Waals surface area contributed by atoms with Crippen LogP contribution in [-0.2, 0) is 6.61 Å². The van der Waals surface area contributed by atoms with Crippen molar-refractivity contribution in [3.8, 4) is 22.6 Å². The molecule has 2 atom stereocenters. The number of ether oxygens (including phenoxy) is 2. The molecule has 0 saturated carbocycles. The number of pyridine rings is 1. The second-order valence-electron chi connectivity index (χ2n) is 6.29. The number of rotatable bonds is 4. The molecule has 0 radical (unpaired) electrons. The van der Waals surface area contributed by atoms with Crippen molar-refractivity contribution in [1.29, 1.82) is 0 Å². The van der Waals surface area contributed by atoms with Crippen LogP contribution in [0.3, 0.4) is 0 Å². The number of hydrogen-bond acceptors (Lipinski definition) is 4. The Morgan fingerprint density at radius 2 is 1.92 bits per heavy atom. The second-order valence-corrected chi connectivity index (χ2v) is 6.29. The average Bonchev–Trinajstić information content (AvgIpc) is 2.66. The molecule has 0 amide bonds. The van der Waals surface area contributed by atoms with Crippen molar-refractivity contribution in [2.24, 2.45) is 5.73 Å². The molecule has 4 nitrogen and oxygen atoms in total. The first-order valence-corrected chi connectivity index (χ1v) is 8.39. The van der Waals surface area contributed by atoms with Crippen molar-refractivity contribution in [2.45, 2.75) is 25.7 Å². The first-order chi connectivity index (χ1) is 12.2. The SMILES string of the molecule is CC(N)C(Oc1ccc2c(c1)OCc1cnccc1-2)c1ccccc1. The largest absolute Gasteiger partial charge is 0.488 e. The Hall–Kier alpha value is -2.85. The van der Waals surface area contributed by atoms with Gasteiger partial charge in [-0.15, -0.1) is 0 Å². The van der Waals surface area contributed by atoms with Crippen LogP contribution in [0.5, 0.6) is 11.5 Å². The Kier molecular flexibility index (Phi) is 4.12. The second kappa shape index (κ2) is 6.57. The minimum atomic E-state index is -0.209. The summed E-state index contributed by atoms with van der Waals surface area (Å²) in [5, 5.41) is 0. The average molecular weight is 332 g/mol. The van der Waals surface area contributed by atoms with Gasteiger partial charge < -0.3 is 15.2 Å². The topological polar surface area (TPSA) is 57.4 Å². The first kappa shape index (κ1) is 15.7. The van der Waals surface area contributed by atoms with E-state index in [4.69, 9.17) is 15.2 Å². The number of nitrogens with two attached hydrogens (primary N) is 1. The fourth-order valence-electron chi connectivity index (χ4n) is 3.15. The molecule has 0 aliphatic carbocycles. The predicted octanol–water partition coefficient (Wildman–Crippen LogP) is 4.11. The molecule has 1 aliphatic heterocycles. The van der Waals surface area contributed by atoms with Gasteiger partial charge in [0.1, 0.15) is 24.2 Å². The van der Waals surface area contributed by atoms with Crippen LogP contribution >= 0.6 is 0 Å². The minimum Gasteiger partial charge on any atom is -0.488 e. The van der Waals surface area contributed by atoms with Gasteiger partial charge in [0.25, 0.3) is 0 Å². The molecule has 0 fully saturated rings. The molecule has 2 N–H and O–H groups in total. The van der Waals surface area contributed by atoms with Crippen LogP contribution in [0, 0.1) is 0 Å². The summed E-state index contributed by atoms with van der Waals surface area (Å²) in [5.74, 6) is 1.58. The molecule has 0 saturated heterocycles. The lowest BCUT2D eigenvalue weighted by atomic mass is 9.99. The number of fused-ring (bicyclic) bond motifs is 3. The van der Waals surface area contributed by atoms with Gasteiger partial charge in [0.2, 0.25) is 0 Å². The third-order valence-electron chi connectivity index (χ3n) is 4.40. The third-order valence-corrected chi connectivity index (χ3v) is 4.40. The number of aromatic nitrogens is 1. The molecule has 2 heterocycles. The van der Waals surface area contributed by atoms with E-state index in [-0.39, 0.29) is 12.1 Å². The summed E-state index contributed by atoms with van der Waals surface area (Å²) in [6, 6.07) is 17.9. The smallest absolute Gasteiger partial charge is 0.138 e. The van der Waals surface area contributed by atoms with Gasteiger partial charge in [0.05, 0.1) is 0 Å². The van der Waals surface area contributed by atoms with Crippen molar-refractivity contribution in [2.75, 3.05) is 0 Å². The minimum absolute atomic E-state index is 0.133. The third kappa shape index (κ3) is 3.08. The quantitative estimate of drug-likeness (QED) is 0.781. The maximum atomic E-state index is 6.20. The normalized spacial score (nSPS) is 14.6. The molecule has 126 valence electrons. The summed E-state index contributed by atoms with van der Waals surface area (Å²) in [5.41, 5.74) is 10.5. The van der Waals surface area contributed by atoms with Gasteiger partial charge in [0, 0.05) is 35.6 Å². The molecule has 0 spiro atoms. The highest BCUT2D eigenvalue weighted by molar-refractivity contribution is 5.75. The van der Waals surface area contributed by atoms with Gasteiger partial charge in [-0.2, -0.15) is 0 Å². The fraction of sp³-hybridized carbons (Fsp3) is 0.190. The highest BCUT2D eigenvalue weighted by atomic mass is 16.5. The summed E-state index contributed by atoms with van der Waals surface area (Å²) in [6.07, 6.45) is 3.45. The molecular weight excluding hydrogens is 312 g/mol. The van der Waals surface area contributed by atoms with Crippen LogP contribution in [0.2, 0.25) is 0 Å². The summed E-state index contributed by atoms with van der Waals surface area (Å²) >= 11 is 0. The highest BCUT2D eigenvalue weighted by Crippen LogP contribution is 2.40. The van der Waals surface area contributed by atoms with Gasteiger partial charge in [-0.3, -0.25) is 4.98 Å². The van der Waals surface area contributed by atoms with Crippen molar-refractivity contribution in [3.63, 3.8) is 0 Å². The maximum Gasteiger partial charge on any atom is 0.138 e. The van der Waals surface area contributed by atoms with Crippen LogP contribution in [0.25, 0.3) is 11.1 Å². The molecular formula is C21H20N2O2. The fourth-order valence-corrected chi connectivity index (χ4v) is 3.15. The number of hydrogen-bond donors (Lipinski definition) is 1. The lowest BCUT2D eigenvalue weighted by Crippen LogP contribution is -2.29. The van der Waals surface area contributed by atoms with Gasteiger partial charge in [0.15, 0.2) is 0 Å². The van der Waals surface area contributed by atoms with E-state index in [0.717, 1.165) is 33.8 Å². The highest BCUT2D eigenvalue weighted by Gasteiger charge is 2.21. The molecule has 1 aliphatic rings. The van der Waals surface area contributed by atoms with Gasteiger partial charge in [-0.05, 0) is 36.2 Å². The molecule has 0 bridgehead atoms. The van der Waals surface area contributed by atoms with E-state index in [1.807, 2.05) is 67.7 Å². The summed E-state index contributed by atoms with van der Waals surface area (Å²) in [6.45, 7) is 2.48.